The van der Waals surface area contributed by atoms with Crippen LogP contribution in [0.4, 0.5) is 5.69 Å². The molecule has 2 atom stereocenters. The summed E-state index contributed by atoms with van der Waals surface area (Å²) in [6.45, 7) is 1.69. The van der Waals surface area contributed by atoms with Crippen molar-refractivity contribution >= 4 is 17.2 Å². The van der Waals surface area contributed by atoms with Gasteiger partial charge in [0.1, 0.15) is 0 Å². The van der Waals surface area contributed by atoms with Crippen molar-refractivity contribution in [3.8, 4) is 0 Å². The van der Waals surface area contributed by atoms with E-state index >= 15 is 0 Å². The third kappa shape index (κ3) is 1.50. The first-order valence-corrected chi connectivity index (χ1v) is 7.55. The Labute approximate surface area is 128 Å². The van der Waals surface area contributed by atoms with Gasteiger partial charge in [0, 0.05) is 28.9 Å². The molecule has 108 valence electrons. The number of carbonyl (C=O) groups excluding carboxylic acids is 1. The summed E-state index contributed by atoms with van der Waals surface area (Å²) < 4.78 is 0. The van der Waals surface area contributed by atoms with Crippen LogP contribution in [-0.2, 0) is 6.54 Å². The molecule has 2 aliphatic heterocycles. The lowest BCUT2D eigenvalue weighted by Crippen LogP contribution is -2.23. The summed E-state index contributed by atoms with van der Waals surface area (Å²) in [7, 11) is 2.07. The minimum absolute atomic E-state index is 0.110. The van der Waals surface area contributed by atoms with Gasteiger partial charge in [0.15, 0.2) is 5.78 Å². The van der Waals surface area contributed by atoms with Crippen molar-refractivity contribution in [3.63, 3.8) is 0 Å². The topological polar surface area (TPSA) is 44.5 Å². The van der Waals surface area contributed by atoms with Crippen molar-refractivity contribution in [3.05, 3.63) is 64.2 Å². The monoisotopic (exact) mass is 289 g/mol. The second-order valence-electron chi connectivity index (χ2n) is 6.16. The van der Waals surface area contributed by atoms with Crippen LogP contribution >= 0.6 is 0 Å². The highest BCUT2D eigenvalue weighted by Gasteiger charge is 2.36. The molecule has 2 heterocycles. The molecular weight excluding hydrogens is 274 g/mol. The Hall–Kier alpha value is -2.46. The van der Waals surface area contributed by atoms with Gasteiger partial charge in [-0.3, -0.25) is 14.7 Å². The van der Waals surface area contributed by atoms with Crippen molar-refractivity contribution in [2.24, 2.45) is 4.99 Å². The normalized spacial score (nSPS) is 23.7. The molecule has 0 saturated carbocycles. The Bertz CT molecular complexity index is 869. The highest BCUT2D eigenvalue weighted by Crippen LogP contribution is 2.37. The van der Waals surface area contributed by atoms with E-state index in [1.54, 1.807) is 0 Å². The number of benzene rings is 2. The number of hydrogen-bond acceptors (Lipinski definition) is 4. The lowest BCUT2D eigenvalue weighted by molar-refractivity contribution is 0.103. The van der Waals surface area contributed by atoms with Crippen molar-refractivity contribution in [1.29, 1.82) is 0 Å². The lowest BCUT2D eigenvalue weighted by atomic mass is 9.82. The minimum atomic E-state index is 0.110. The molecule has 1 fully saturated rings. The highest BCUT2D eigenvalue weighted by atomic mass is 16.1. The molecular formula is C18H15N3O. The first-order chi connectivity index (χ1) is 10.7. The summed E-state index contributed by atoms with van der Waals surface area (Å²) in [4.78, 5) is 19.9. The molecule has 1 N–H and O–H groups in total. The standard InChI is InChI=1S/C18H15N3O/c1-21-9-14(21)20-13-7-3-5-11-16(13)18(22)12-6-2-4-10-8-19-17(11)15(10)12/h2-7,14,20H,8-9H2,1H3. The van der Waals surface area contributed by atoms with Gasteiger partial charge in [-0.2, -0.15) is 0 Å². The molecule has 4 heteroatoms. The summed E-state index contributed by atoms with van der Waals surface area (Å²) in [6, 6.07) is 12.0. The molecule has 0 spiro atoms. The van der Waals surface area contributed by atoms with Crippen LogP contribution in [-0.4, -0.2) is 36.2 Å². The molecule has 2 aromatic carbocycles. The summed E-state index contributed by atoms with van der Waals surface area (Å²) in [6.07, 6.45) is 0.331. The zero-order chi connectivity index (χ0) is 14.8. The van der Waals surface area contributed by atoms with Crippen LogP contribution in [0, 0.1) is 0 Å². The maximum atomic E-state index is 13.0. The van der Waals surface area contributed by atoms with Gasteiger partial charge in [0.25, 0.3) is 0 Å². The van der Waals surface area contributed by atoms with Crippen LogP contribution in [0.15, 0.2) is 41.4 Å². The van der Waals surface area contributed by atoms with E-state index < -0.39 is 0 Å². The Morgan fingerprint density at radius 3 is 2.73 bits per heavy atom. The smallest absolute Gasteiger partial charge is 0.196 e. The zero-order valence-electron chi connectivity index (χ0n) is 12.3. The van der Waals surface area contributed by atoms with Gasteiger partial charge in [-0.15, -0.1) is 0 Å². The van der Waals surface area contributed by atoms with Crippen LogP contribution in [0.25, 0.3) is 0 Å². The largest absolute Gasteiger partial charge is 0.368 e. The maximum Gasteiger partial charge on any atom is 0.196 e. The van der Waals surface area contributed by atoms with E-state index in [-0.39, 0.29) is 5.78 Å². The Balaban J connectivity index is 1.72. The number of likely N-dealkylation sites (N-methyl/N-ethyl adjacent to an activating group) is 1. The van der Waals surface area contributed by atoms with Crippen molar-refractivity contribution in [2.45, 2.75) is 12.7 Å². The molecule has 2 aromatic rings. The fourth-order valence-corrected chi connectivity index (χ4v) is 3.47. The molecule has 5 rings (SSSR count). The molecule has 0 aromatic heterocycles. The van der Waals surface area contributed by atoms with E-state index in [2.05, 4.69) is 28.3 Å². The van der Waals surface area contributed by atoms with Gasteiger partial charge in [0.2, 0.25) is 0 Å². The number of carbonyl (C=O) groups is 1. The Morgan fingerprint density at radius 1 is 1.14 bits per heavy atom. The zero-order valence-corrected chi connectivity index (χ0v) is 12.3. The summed E-state index contributed by atoms with van der Waals surface area (Å²) >= 11 is 0. The Morgan fingerprint density at radius 2 is 1.91 bits per heavy atom. The highest BCUT2D eigenvalue weighted by molar-refractivity contribution is 6.32. The Kier molecular flexibility index (Phi) is 2.23. The van der Waals surface area contributed by atoms with E-state index in [1.807, 2.05) is 30.3 Å². The van der Waals surface area contributed by atoms with Crippen LogP contribution in [0.5, 0.6) is 0 Å². The predicted molar refractivity (Wildman–Crippen MR) is 85.7 cm³/mol. The van der Waals surface area contributed by atoms with Crippen molar-refractivity contribution < 1.29 is 4.79 Å². The minimum Gasteiger partial charge on any atom is -0.368 e. The third-order valence-electron chi connectivity index (χ3n) is 4.77. The molecule has 2 unspecified atom stereocenters. The number of anilines is 1. The first kappa shape index (κ1) is 12.1. The quantitative estimate of drug-likeness (QED) is 0.736. The van der Waals surface area contributed by atoms with Gasteiger partial charge >= 0.3 is 0 Å². The van der Waals surface area contributed by atoms with E-state index in [9.17, 15) is 4.79 Å². The molecule has 0 amide bonds. The van der Waals surface area contributed by atoms with Gasteiger partial charge < -0.3 is 5.32 Å². The lowest BCUT2D eigenvalue weighted by Gasteiger charge is -2.22. The molecule has 1 aliphatic carbocycles. The average Bonchev–Trinajstić information content (AvgIpc) is 3.06. The average molecular weight is 289 g/mol. The van der Waals surface area contributed by atoms with Gasteiger partial charge in [0.05, 0.1) is 24.0 Å². The molecule has 1 saturated heterocycles. The maximum absolute atomic E-state index is 13.0. The van der Waals surface area contributed by atoms with Gasteiger partial charge in [-0.05, 0) is 18.7 Å². The number of hydrogen-bond donors (Lipinski definition) is 1. The SMILES string of the molecule is CN1CC1Nc1cccc2c1C(=O)c1cccc3c1C2=NC3. The van der Waals surface area contributed by atoms with Gasteiger partial charge in [-0.1, -0.05) is 30.3 Å². The van der Waals surface area contributed by atoms with Crippen LogP contribution in [0.2, 0.25) is 0 Å². The molecule has 0 bridgehead atoms. The second kappa shape index (κ2) is 4.05. The second-order valence-corrected chi connectivity index (χ2v) is 6.16. The summed E-state index contributed by atoms with van der Waals surface area (Å²) in [5.74, 6) is 0.110. The number of ketones is 1. The van der Waals surface area contributed by atoms with E-state index in [0.29, 0.717) is 12.7 Å². The predicted octanol–water partition coefficient (Wildman–Crippen LogP) is 2.27. The first-order valence-electron chi connectivity index (χ1n) is 7.55. The van der Waals surface area contributed by atoms with Crippen molar-refractivity contribution in [2.75, 3.05) is 18.9 Å². The van der Waals surface area contributed by atoms with E-state index in [4.69, 9.17) is 0 Å². The van der Waals surface area contributed by atoms with Crippen LogP contribution in [0.3, 0.4) is 0 Å². The fraction of sp³-hybridized carbons (Fsp3) is 0.222. The number of rotatable bonds is 2. The van der Waals surface area contributed by atoms with Crippen LogP contribution < -0.4 is 5.32 Å². The van der Waals surface area contributed by atoms with Crippen LogP contribution in [0.1, 0.15) is 32.6 Å². The molecule has 0 radical (unpaired) electrons. The molecule has 22 heavy (non-hydrogen) atoms. The van der Waals surface area contributed by atoms with E-state index in [1.165, 1.54) is 0 Å². The molecule has 3 aliphatic rings. The fourth-order valence-electron chi connectivity index (χ4n) is 3.47. The number of nitrogens with zero attached hydrogens (tertiary/aromatic N) is 2. The summed E-state index contributed by atoms with van der Waals surface area (Å²) in [5, 5.41) is 3.47. The number of nitrogens with one attached hydrogen (secondary N) is 1. The van der Waals surface area contributed by atoms with E-state index in [0.717, 1.165) is 45.8 Å². The number of aliphatic imine (C=N–C) groups is 1. The summed E-state index contributed by atoms with van der Waals surface area (Å²) in [5.41, 5.74) is 6.63. The molecule has 4 nitrogen and oxygen atoms in total. The third-order valence-corrected chi connectivity index (χ3v) is 4.77. The van der Waals surface area contributed by atoms with Gasteiger partial charge in [-0.25, -0.2) is 0 Å². The van der Waals surface area contributed by atoms with Crippen molar-refractivity contribution in [1.82, 2.24) is 4.90 Å². The number of fused-ring (bicyclic) bond motifs is 2.